The van der Waals surface area contributed by atoms with E-state index in [1.165, 1.54) is 24.3 Å². The number of nitrogens with one attached hydrogen (secondary N) is 1. The normalized spacial score (nSPS) is 10.6. The van der Waals surface area contributed by atoms with E-state index < -0.39 is 23.4 Å². The van der Waals surface area contributed by atoms with Crippen LogP contribution in [-0.2, 0) is 11.2 Å². The van der Waals surface area contributed by atoms with E-state index in [1.54, 1.807) is 0 Å². The molecule has 2 aromatic carbocycles. The van der Waals surface area contributed by atoms with E-state index in [9.17, 15) is 18.0 Å². The lowest BCUT2D eigenvalue weighted by Gasteiger charge is -2.01. The van der Waals surface area contributed by atoms with E-state index in [1.807, 2.05) is 0 Å². The van der Waals surface area contributed by atoms with Crippen molar-refractivity contribution in [2.24, 2.45) is 0 Å². The van der Waals surface area contributed by atoms with Crippen molar-refractivity contribution in [1.29, 1.82) is 0 Å². The molecule has 0 bridgehead atoms. The van der Waals surface area contributed by atoms with Gasteiger partial charge >= 0.3 is 6.01 Å². The summed E-state index contributed by atoms with van der Waals surface area (Å²) in [6.45, 7) is 0. The molecule has 0 saturated heterocycles. The largest absolute Gasteiger partial charge is 0.403 e. The summed E-state index contributed by atoms with van der Waals surface area (Å²) in [4.78, 5) is 11.9. The van der Waals surface area contributed by atoms with Gasteiger partial charge in [0.15, 0.2) is 0 Å². The monoisotopic (exact) mass is 333 g/mol. The zero-order valence-corrected chi connectivity index (χ0v) is 12.1. The van der Waals surface area contributed by atoms with Gasteiger partial charge in [-0.3, -0.25) is 10.1 Å². The summed E-state index contributed by atoms with van der Waals surface area (Å²) in [5, 5.41) is 9.54. The number of nitrogens with zero attached hydrogens (tertiary/aromatic N) is 2. The molecule has 1 amide bonds. The SMILES string of the molecule is O=C(Cc1ccc(F)cc1)Nc1nnc(-c2ccc(F)cc2F)o1. The zero-order valence-electron chi connectivity index (χ0n) is 12.1. The van der Waals surface area contributed by atoms with Gasteiger partial charge < -0.3 is 4.42 Å². The van der Waals surface area contributed by atoms with E-state index in [0.29, 0.717) is 11.6 Å². The van der Waals surface area contributed by atoms with Crippen LogP contribution in [0.4, 0.5) is 19.2 Å². The lowest BCUT2D eigenvalue weighted by Crippen LogP contribution is -2.14. The van der Waals surface area contributed by atoms with Crippen LogP contribution in [0.1, 0.15) is 5.56 Å². The Morgan fingerprint density at radius 1 is 1.00 bits per heavy atom. The highest BCUT2D eigenvalue weighted by Crippen LogP contribution is 2.23. The molecule has 8 heteroatoms. The number of anilines is 1. The summed E-state index contributed by atoms with van der Waals surface area (Å²) in [5.41, 5.74) is 0.515. The second kappa shape index (κ2) is 6.53. The highest BCUT2D eigenvalue weighted by molar-refractivity contribution is 5.90. The molecule has 0 saturated carbocycles. The Labute approximate surface area is 134 Å². The molecule has 0 aliphatic carbocycles. The van der Waals surface area contributed by atoms with Gasteiger partial charge in [-0.05, 0) is 29.8 Å². The first-order valence-corrected chi connectivity index (χ1v) is 6.84. The first-order valence-electron chi connectivity index (χ1n) is 6.84. The Hall–Kier alpha value is -3.16. The molecule has 0 fully saturated rings. The van der Waals surface area contributed by atoms with Gasteiger partial charge in [-0.1, -0.05) is 17.2 Å². The number of halogens is 3. The van der Waals surface area contributed by atoms with Crippen LogP contribution in [0.15, 0.2) is 46.9 Å². The van der Waals surface area contributed by atoms with Crippen LogP contribution in [-0.4, -0.2) is 16.1 Å². The van der Waals surface area contributed by atoms with Crippen molar-refractivity contribution in [3.8, 4) is 11.5 Å². The Morgan fingerprint density at radius 3 is 2.42 bits per heavy atom. The Balaban J connectivity index is 1.69. The van der Waals surface area contributed by atoms with E-state index in [2.05, 4.69) is 15.5 Å². The van der Waals surface area contributed by atoms with Crippen LogP contribution in [0, 0.1) is 17.5 Å². The molecule has 0 unspecified atom stereocenters. The Morgan fingerprint density at radius 2 is 1.71 bits per heavy atom. The quantitative estimate of drug-likeness (QED) is 0.795. The molecule has 0 radical (unpaired) electrons. The molecule has 1 heterocycles. The molecule has 1 aromatic heterocycles. The number of rotatable bonds is 4. The summed E-state index contributed by atoms with van der Waals surface area (Å²) in [6, 6.07) is 8.10. The zero-order chi connectivity index (χ0) is 17.1. The maximum Gasteiger partial charge on any atom is 0.322 e. The second-order valence-electron chi connectivity index (χ2n) is 4.89. The number of hydrogen-bond acceptors (Lipinski definition) is 4. The van der Waals surface area contributed by atoms with Crippen LogP contribution in [0.25, 0.3) is 11.5 Å². The molecule has 0 aliphatic rings. The molecule has 0 spiro atoms. The lowest BCUT2D eigenvalue weighted by atomic mass is 10.1. The van der Waals surface area contributed by atoms with Gasteiger partial charge in [0.25, 0.3) is 5.89 Å². The topological polar surface area (TPSA) is 68.0 Å². The summed E-state index contributed by atoms with van der Waals surface area (Å²) in [6.07, 6.45) is -0.0249. The summed E-state index contributed by atoms with van der Waals surface area (Å²) >= 11 is 0. The minimum Gasteiger partial charge on any atom is -0.403 e. The number of benzene rings is 2. The fourth-order valence-corrected chi connectivity index (χ4v) is 2.00. The minimum atomic E-state index is -0.858. The standard InChI is InChI=1S/C16H10F3N3O2/c17-10-3-1-9(2-4-10)7-14(23)20-16-22-21-15(24-16)12-6-5-11(18)8-13(12)19/h1-6,8H,7H2,(H,20,22,23). The molecule has 5 nitrogen and oxygen atoms in total. The Kier molecular flexibility index (Phi) is 4.28. The third-order valence-corrected chi connectivity index (χ3v) is 3.11. The van der Waals surface area contributed by atoms with Gasteiger partial charge in [-0.25, -0.2) is 13.2 Å². The van der Waals surface area contributed by atoms with Crippen LogP contribution < -0.4 is 5.32 Å². The van der Waals surface area contributed by atoms with Crippen molar-refractivity contribution in [2.75, 3.05) is 5.32 Å². The van der Waals surface area contributed by atoms with Crippen molar-refractivity contribution >= 4 is 11.9 Å². The first kappa shape index (κ1) is 15.7. The van der Waals surface area contributed by atoms with E-state index >= 15 is 0 Å². The van der Waals surface area contributed by atoms with Crippen LogP contribution in [0.5, 0.6) is 0 Å². The van der Waals surface area contributed by atoms with Crippen LogP contribution in [0.3, 0.4) is 0 Å². The van der Waals surface area contributed by atoms with Crippen molar-refractivity contribution in [3.63, 3.8) is 0 Å². The van der Waals surface area contributed by atoms with Crippen molar-refractivity contribution in [3.05, 3.63) is 65.5 Å². The highest BCUT2D eigenvalue weighted by atomic mass is 19.1. The van der Waals surface area contributed by atoms with Crippen molar-refractivity contribution in [1.82, 2.24) is 10.2 Å². The number of carbonyl (C=O) groups is 1. The molecular weight excluding hydrogens is 323 g/mol. The third-order valence-electron chi connectivity index (χ3n) is 3.11. The number of hydrogen-bond donors (Lipinski definition) is 1. The van der Waals surface area contributed by atoms with Crippen molar-refractivity contribution < 1.29 is 22.4 Å². The van der Waals surface area contributed by atoms with E-state index in [4.69, 9.17) is 4.42 Å². The first-order chi connectivity index (χ1) is 11.5. The van der Waals surface area contributed by atoms with Crippen LogP contribution in [0.2, 0.25) is 0 Å². The number of carbonyl (C=O) groups excluding carboxylic acids is 1. The fraction of sp³-hybridized carbons (Fsp3) is 0.0625. The predicted molar refractivity (Wildman–Crippen MR) is 78.4 cm³/mol. The molecular formula is C16H10F3N3O2. The van der Waals surface area contributed by atoms with Gasteiger partial charge in [0.2, 0.25) is 5.91 Å². The third kappa shape index (κ3) is 3.60. The lowest BCUT2D eigenvalue weighted by molar-refractivity contribution is -0.115. The predicted octanol–water partition coefficient (Wildman–Crippen LogP) is 3.34. The van der Waals surface area contributed by atoms with Crippen LogP contribution >= 0.6 is 0 Å². The second-order valence-corrected chi connectivity index (χ2v) is 4.89. The molecule has 3 rings (SSSR count). The maximum atomic E-state index is 13.6. The molecule has 24 heavy (non-hydrogen) atoms. The van der Waals surface area contributed by atoms with Crippen molar-refractivity contribution in [2.45, 2.75) is 6.42 Å². The molecule has 3 aromatic rings. The highest BCUT2D eigenvalue weighted by Gasteiger charge is 2.15. The van der Waals surface area contributed by atoms with Gasteiger partial charge in [0.05, 0.1) is 12.0 Å². The Bertz CT molecular complexity index is 879. The molecule has 1 N–H and O–H groups in total. The smallest absolute Gasteiger partial charge is 0.322 e. The van der Waals surface area contributed by atoms with E-state index in [0.717, 1.165) is 12.1 Å². The molecule has 0 aliphatic heterocycles. The fourth-order valence-electron chi connectivity index (χ4n) is 2.00. The minimum absolute atomic E-state index is 0.0249. The average Bonchev–Trinajstić information content (AvgIpc) is 2.97. The average molecular weight is 333 g/mol. The summed E-state index contributed by atoms with van der Waals surface area (Å²) in [7, 11) is 0. The summed E-state index contributed by atoms with van der Waals surface area (Å²) < 4.78 is 44.5. The van der Waals surface area contributed by atoms with Gasteiger partial charge in [-0.2, -0.15) is 0 Å². The van der Waals surface area contributed by atoms with E-state index in [-0.39, 0.29) is 23.9 Å². The number of amides is 1. The maximum absolute atomic E-state index is 13.6. The summed E-state index contributed by atoms with van der Waals surface area (Å²) in [5.74, 6) is -2.64. The number of aromatic nitrogens is 2. The van der Waals surface area contributed by atoms with Gasteiger partial charge in [-0.15, -0.1) is 5.10 Å². The molecule has 122 valence electrons. The molecule has 0 atom stereocenters. The van der Waals surface area contributed by atoms with Gasteiger partial charge in [0.1, 0.15) is 17.5 Å². The van der Waals surface area contributed by atoms with Gasteiger partial charge in [0, 0.05) is 6.07 Å².